The van der Waals surface area contributed by atoms with Crippen molar-refractivity contribution in [2.75, 3.05) is 22.9 Å². The zero-order chi connectivity index (χ0) is 21.7. The molecular formula is C24H22Cl2N2O2. The zero-order valence-electron chi connectivity index (χ0n) is 16.8. The SMILES string of the molecule is CCN(C(=O)c1cc(Cl)c(Cl)cc1C(=O)N(CC)c1ccccc1)c1ccccc1. The lowest BCUT2D eigenvalue weighted by atomic mass is 10.0. The Morgan fingerprint density at radius 1 is 0.667 bits per heavy atom. The highest BCUT2D eigenvalue weighted by Crippen LogP contribution is 2.30. The first kappa shape index (κ1) is 21.9. The van der Waals surface area contributed by atoms with Gasteiger partial charge in [0, 0.05) is 24.5 Å². The summed E-state index contributed by atoms with van der Waals surface area (Å²) in [5.41, 5.74) is 1.92. The molecule has 0 aromatic heterocycles. The third-order valence-corrected chi connectivity index (χ3v) is 5.50. The molecule has 0 saturated heterocycles. The second kappa shape index (κ2) is 9.79. The second-order valence-electron chi connectivity index (χ2n) is 6.58. The summed E-state index contributed by atoms with van der Waals surface area (Å²) >= 11 is 12.5. The van der Waals surface area contributed by atoms with Gasteiger partial charge >= 0.3 is 0 Å². The maximum Gasteiger partial charge on any atom is 0.259 e. The molecule has 6 heteroatoms. The van der Waals surface area contributed by atoms with Gasteiger partial charge in [0.1, 0.15) is 0 Å². The number of amides is 2. The summed E-state index contributed by atoms with van der Waals surface area (Å²) in [4.78, 5) is 30.1. The van der Waals surface area contributed by atoms with Crippen LogP contribution >= 0.6 is 23.2 Å². The highest BCUT2D eigenvalue weighted by atomic mass is 35.5. The molecule has 3 aromatic rings. The summed E-state index contributed by atoms with van der Waals surface area (Å²) in [6.07, 6.45) is 0. The lowest BCUT2D eigenvalue weighted by Gasteiger charge is -2.25. The first-order valence-electron chi connectivity index (χ1n) is 9.70. The van der Waals surface area contributed by atoms with Crippen LogP contribution in [0.5, 0.6) is 0 Å². The molecule has 0 spiro atoms. The molecule has 2 amide bonds. The van der Waals surface area contributed by atoms with Crippen LogP contribution < -0.4 is 9.80 Å². The van der Waals surface area contributed by atoms with Crippen LogP contribution in [0.25, 0.3) is 0 Å². The van der Waals surface area contributed by atoms with Crippen molar-refractivity contribution < 1.29 is 9.59 Å². The minimum atomic E-state index is -0.310. The van der Waals surface area contributed by atoms with Gasteiger partial charge < -0.3 is 9.80 Å². The van der Waals surface area contributed by atoms with E-state index < -0.39 is 0 Å². The van der Waals surface area contributed by atoms with Crippen LogP contribution in [-0.4, -0.2) is 24.9 Å². The van der Waals surface area contributed by atoms with E-state index >= 15 is 0 Å². The van der Waals surface area contributed by atoms with Crippen molar-refractivity contribution in [1.29, 1.82) is 0 Å². The average molecular weight is 441 g/mol. The van der Waals surface area contributed by atoms with Crippen LogP contribution in [0.4, 0.5) is 11.4 Å². The van der Waals surface area contributed by atoms with Crippen molar-refractivity contribution in [3.05, 3.63) is 94.0 Å². The maximum absolute atomic E-state index is 13.5. The fraction of sp³-hybridized carbons (Fsp3) is 0.167. The summed E-state index contributed by atoms with van der Waals surface area (Å²) in [6.45, 7) is 4.64. The van der Waals surface area contributed by atoms with Gasteiger partial charge in [0.15, 0.2) is 0 Å². The van der Waals surface area contributed by atoms with Crippen LogP contribution in [0.1, 0.15) is 34.6 Å². The maximum atomic E-state index is 13.5. The molecule has 0 bridgehead atoms. The Kier molecular flexibility index (Phi) is 7.14. The second-order valence-corrected chi connectivity index (χ2v) is 7.40. The van der Waals surface area contributed by atoms with Crippen LogP contribution in [0.2, 0.25) is 10.0 Å². The predicted molar refractivity (Wildman–Crippen MR) is 124 cm³/mol. The van der Waals surface area contributed by atoms with Crippen molar-refractivity contribution >= 4 is 46.4 Å². The molecule has 154 valence electrons. The predicted octanol–water partition coefficient (Wildman–Crippen LogP) is 6.33. The van der Waals surface area contributed by atoms with Gasteiger partial charge in [-0.3, -0.25) is 9.59 Å². The molecule has 0 saturated carbocycles. The van der Waals surface area contributed by atoms with E-state index in [9.17, 15) is 9.59 Å². The molecule has 0 heterocycles. The Morgan fingerprint density at radius 3 is 1.30 bits per heavy atom. The van der Waals surface area contributed by atoms with Crippen LogP contribution in [0.15, 0.2) is 72.8 Å². The van der Waals surface area contributed by atoms with E-state index in [2.05, 4.69) is 0 Å². The number of rotatable bonds is 6. The van der Waals surface area contributed by atoms with Gasteiger partial charge in [-0.05, 0) is 50.2 Å². The van der Waals surface area contributed by atoms with Gasteiger partial charge in [0.05, 0.1) is 21.2 Å². The lowest BCUT2D eigenvalue weighted by Crippen LogP contribution is -2.35. The first-order valence-corrected chi connectivity index (χ1v) is 10.5. The highest BCUT2D eigenvalue weighted by molar-refractivity contribution is 6.42. The van der Waals surface area contributed by atoms with Crippen molar-refractivity contribution in [2.24, 2.45) is 0 Å². The summed E-state index contributed by atoms with van der Waals surface area (Å²) in [5.74, 6) is -0.621. The molecule has 0 unspecified atom stereocenters. The number of benzene rings is 3. The number of carbonyl (C=O) groups excluding carboxylic acids is 2. The summed E-state index contributed by atoms with van der Waals surface area (Å²) in [6, 6.07) is 21.6. The van der Waals surface area contributed by atoms with E-state index in [4.69, 9.17) is 23.2 Å². The van der Waals surface area contributed by atoms with E-state index in [1.807, 2.05) is 74.5 Å². The molecule has 0 atom stereocenters. The van der Waals surface area contributed by atoms with E-state index in [1.54, 1.807) is 9.80 Å². The Hall–Kier alpha value is -2.82. The quantitative estimate of drug-likeness (QED) is 0.449. The fourth-order valence-electron chi connectivity index (χ4n) is 3.29. The molecule has 0 radical (unpaired) electrons. The summed E-state index contributed by atoms with van der Waals surface area (Å²) in [5, 5.41) is 0.451. The van der Waals surface area contributed by atoms with Gasteiger partial charge in [-0.1, -0.05) is 59.6 Å². The van der Waals surface area contributed by atoms with Gasteiger partial charge in [0.25, 0.3) is 11.8 Å². The highest BCUT2D eigenvalue weighted by Gasteiger charge is 2.27. The van der Waals surface area contributed by atoms with Crippen LogP contribution in [0, 0.1) is 0 Å². The van der Waals surface area contributed by atoms with Crippen molar-refractivity contribution in [2.45, 2.75) is 13.8 Å². The van der Waals surface area contributed by atoms with E-state index in [0.29, 0.717) is 13.1 Å². The number of hydrogen-bond donors (Lipinski definition) is 0. The molecule has 0 aliphatic rings. The number of carbonyl (C=O) groups is 2. The Balaban J connectivity index is 2.09. The summed E-state index contributed by atoms with van der Waals surface area (Å²) < 4.78 is 0. The molecule has 30 heavy (non-hydrogen) atoms. The summed E-state index contributed by atoms with van der Waals surface area (Å²) in [7, 11) is 0. The molecule has 0 aliphatic heterocycles. The van der Waals surface area contributed by atoms with Crippen molar-refractivity contribution in [3.63, 3.8) is 0 Å². The minimum absolute atomic E-state index is 0.217. The van der Waals surface area contributed by atoms with E-state index in [-0.39, 0.29) is 33.0 Å². The number of halogens is 2. The standard InChI is InChI=1S/C24H22Cl2N2O2/c1-3-27(17-11-7-5-8-12-17)23(29)19-15-21(25)22(26)16-20(19)24(30)28(4-2)18-13-9-6-10-14-18/h5-16H,3-4H2,1-2H3. The largest absolute Gasteiger partial charge is 0.309 e. The molecule has 3 aromatic carbocycles. The van der Waals surface area contributed by atoms with Crippen LogP contribution in [0.3, 0.4) is 0 Å². The number of hydrogen-bond acceptors (Lipinski definition) is 2. The minimum Gasteiger partial charge on any atom is -0.309 e. The molecule has 0 N–H and O–H groups in total. The molecule has 3 rings (SSSR count). The Bertz CT molecular complexity index is 955. The van der Waals surface area contributed by atoms with Crippen molar-refractivity contribution in [3.8, 4) is 0 Å². The topological polar surface area (TPSA) is 40.6 Å². The smallest absolute Gasteiger partial charge is 0.259 e. The van der Waals surface area contributed by atoms with Gasteiger partial charge in [-0.15, -0.1) is 0 Å². The van der Waals surface area contributed by atoms with E-state index in [1.165, 1.54) is 12.1 Å². The normalized spacial score (nSPS) is 10.5. The lowest BCUT2D eigenvalue weighted by molar-refractivity contribution is 0.0955. The number of para-hydroxylation sites is 2. The van der Waals surface area contributed by atoms with Gasteiger partial charge in [0.2, 0.25) is 0 Å². The third kappa shape index (κ3) is 4.50. The Labute approximate surface area is 186 Å². The number of anilines is 2. The van der Waals surface area contributed by atoms with E-state index in [0.717, 1.165) is 11.4 Å². The Morgan fingerprint density at radius 2 is 1.00 bits per heavy atom. The first-order chi connectivity index (χ1) is 14.5. The monoisotopic (exact) mass is 440 g/mol. The third-order valence-electron chi connectivity index (χ3n) is 4.78. The van der Waals surface area contributed by atoms with Gasteiger partial charge in [-0.25, -0.2) is 0 Å². The number of nitrogens with zero attached hydrogens (tertiary/aromatic N) is 2. The van der Waals surface area contributed by atoms with Crippen LogP contribution in [-0.2, 0) is 0 Å². The fourth-order valence-corrected chi connectivity index (χ4v) is 3.62. The molecule has 4 nitrogen and oxygen atoms in total. The average Bonchev–Trinajstić information content (AvgIpc) is 2.77. The zero-order valence-corrected chi connectivity index (χ0v) is 18.3. The molecule has 0 fully saturated rings. The molecular weight excluding hydrogens is 419 g/mol. The van der Waals surface area contributed by atoms with Gasteiger partial charge in [-0.2, -0.15) is 0 Å². The molecule has 0 aliphatic carbocycles. The van der Waals surface area contributed by atoms with Crippen molar-refractivity contribution in [1.82, 2.24) is 0 Å².